The largest absolute Gasteiger partial charge is 0.759 e. The normalized spacial score (nSPS) is 9.60. The maximum atomic E-state index is 9.09. The Labute approximate surface area is 31.3 Å². The summed E-state index contributed by atoms with van der Waals surface area (Å²) >= 11 is 0. The molecule has 0 spiro atoms. The third-order valence-electron chi connectivity index (χ3n) is 0.167. The number of hydrogen-bond acceptors (Lipinski definition) is 2. The Morgan fingerprint density at radius 3 is 1.80 bits per heavy atom. The van der Waals surface area contributed by atoms with Gasteiger partial charge in [0.25, 0.3) is 0 Å². The van der Waals surface area contributed by atoms with Gasteiger partial charge in [0.15, 0.2) is 0 Å². The van der Waals surface area contributed by atoms with E-state index in [0.29, 0.717) is 6.10 Å². The molecule has 0 N–H and O–H groups in total. The Morgan fingerprint density at radius 1 is 1.60 bits per heavy atom. The maximum Gasteiger partial charge on any atom is -0.168 e. The fourth-order valence-corrected chi connectivity index (χ4v) is 0. The highest BCUT2D eigenvalue weighted by atomic mass is 17.1. The molecular formula is C3H6O2-2. The minimum atomic E-state index is 0.449. The van der Waals surface area contributed by atoms with Gasteiger partial charge in [-0.05, 0) is 0 Å². The van der Waals surface area contributed by atoms with Crippen LogP contribution in [0.5, 0.6) is 0 Å². The lowest BCUT2D eigenvalue weighted by Crippen LogP contribution is -2.05. The minimum absolute atomic E-state index is 0.449. The van der Waals surface area contributed by atoms with Crippen molar-refractivity contribution in [2.45, 2.75) is 13.8 Å². The summed E-state index contributed by atoms with van der Waals surface area (Å²) in [7, 11) is 0. The average Bonchev–Trinajstić information content (AvgIpc) is 1.38. The van der Waals surface area contributed by atoms with E-state index in [1.54, 1.807) is 13.8 Å². The Morgan fingerprint density at radius 2 is 1.80 bits per heavy atom. The van der Waals surface area contributed by atoms with Crippen molar-refractivity contribution in [1.82, 2.24) is 0 Å². The summed E-state index contributed by atoms with van der Waals surface area (Å²) in [5.41, 5.74) is 0. The van der Waals surface area contributed by atoms with E-state index in [2.05, 4.69) is 4.89 Å². The first kappa shape index (κ1) is 4.92. The topological polar surface area (TPSA) is 32.3 Å². The summed E-state index contributed by atoms with van der Waals surface area (Å²) in [6, 6.07) is 0. The Kier molecular flexibility index (Phi) is 2.14. The van der Waals surface area contributed by atoms with Crippen LogP contribution in [-0.4, -0.2) is 0 Å². The Hall–Kier alpha value is -0.0800. The van der Waals surface area contributed by atoms with Gasteiger partial charge in [0.05, 0.1) is 0 Å². The second kappa shape index (κ2) is 2.18. The molecule has 2 nitrogen and oxygen atoms in total. The van der Waals surface area contributed by atoms with Crippen LogP contribution >= 0.6 is 0 Å². The van der Waals surface area contributed by atoms with Crippen LogP contribution in [0.15, 0.2) is 0 Å². The van der Waals surface area contributed by atoms with Gasteiger partial charge in [-0.1, -0.05) is 0 Å². The fraction of sp³-hybridized carbons (Fsp3) is 0.667. The van der Waals surface area contributed by atoms with E-state index in [-0.39, 0.29) is 0 Å². The zero-order valence-electron chi connectivity index (χ0n) is 3.32. The number of hydrogen-bond donors (Lipinski definition) is 0. The lowest BCUT2D eigenvalue weighted by molar-refractivity contribution is -0.683. The average molecular weight is 74.1 g/mol. The molecule has 5 heavy (non-hydrogen) atoms. The molecule has 0 saturated heterocycles. The van der Waals surface area contributed by atoms with Crippen molar-refractivity contribution in [1.29, 1.82) is 0 Å². The zero-order chi connectivity index (χ0) is 4.28. The minimum Gasteiger partial charge on any atom is -0.759 e. The van der Waals surface area contributed by atoms with E-state index in [1.165, 1.54) is 0 Å². The quantitative estimate of drug-likeness (QED) is 0.246. The van der Waals surface area contributed by atoms with Crippen molar-refractivity contribution in [3.05, 3.63) is 6.10 Å². The highest BCUT2D eigenvalue weighted by Gasteiger charge is 1.54. The van der Waals surface area contributed by atoms with Crippen LogP contribution in [0.25, 0.3) is 0 Å². The summed E-state index contributed by atoms with van der Waals surface area (Å²) < 4.78 is 0. The van der Waals surface area contributed by atoms with Gasteiger partial charge in [-0.2, -0.15) is 13.8 Å². The monoisotopic (exact) mass is 74.0 g/mol. The third-order valence-corrected chi connectivity index (χ3v) is 0.167. The lowest BCUT2D eigenvalue weighted by atomic mass is 10.5. The van der Waals surface area contributed by atoms with Crippen LogP contribution in [0.4, 0.5) is 0 Å². The highest BCUT2D eigenvalue weighted by molar-refractivity contribution is 4.54. The summed E-state index contributed by atoms with van der Waals surface area (Å²) in [5.74, 6) is 0. The molecule has 0 rings (SSSR count). The molecule has 0 aliphatic heterocycles. The van der Waals surface area contributed by atoms with Crippen LogP contribution in [0, 0.1) is 6.10 Å². The van der Waals surface area contributed by atoms with Gasteiger partial charge in [0, 0.05) is 0 Å². The molecule has 0 amide bonds. The van der Waals surface area contributed by atoms with Crippen molar-refractivity contribution in [3.8, 4) is 0 Å². The molecule has 0 bridgehead atoms. The van der Waals surface area contributed by atoms with Crippen molar-refractivity contribution in [3.63, 3.8) is 0 Å². The van der Waals surface area contributed by atoms with Crippen molar-refractivity contribution in [2.75, 3.05) is 0 Å². The van der Waals surface area contributed by atoms with Crippen LogP contribution in [0.2, 0.25) is 0 Å². The van der Waals surface area contributed by atoms with Gasteiger partial charge in [-0.15, -0.1) is 0 Å². The molecule has 0 radical (unpaired) electrons. The predicted molar refractivity (Wildman–Crippen MR) is 15.7 cm³/mol. The zero-order valence-corrected chi connectivity index (χ0v) is 3.32. The molecule has 0 saturated carbocycles. The second-order valence-corrected chi connectivity index (χ2v) is 0.992. The summed E-state index contributed by atoms with van der Waals surface area (Å²) in [6.07, 6.45) is 0.449. The molecule has 0 atom stereocenters. The molecule has 0 fully saturated rings. The molecular weight excluding hydrogens is 68.0 g/mol. The smallest absolute Gasteiger partial charge is 0.168 e. The van der Waals surface area contributed by atoms with E-state index in [4.69, 9.17) is 5.26 Å². The van der Waals surface area contributed by atoms with Crippen LogP contribution < -0.4 is 5.26 Å². The van der Waals surface area contributed by atoms with E-state index >= 15 is 0 Å². The van der Waals surface area contributed by atoms with Crippen LogP contribution in [0.1, 0.15) is 13.8 Å². The van der Waals surface area contributed by atoms with Crippen molar-refractivity contribution < 1.29 is 10.1 Å². The lowest BCUT2D eigenvalue weighted by Gasteiger charge is -2.24. The van der Waals surface area contributed by atoms with Gasteiger partial charge < -0.3 is 10.1 Å². The molecule has 0 aromatic carbocycles. The van der Waals surface area contributed by atoms with Gasteiger partial charge in [-0.25, -0.2) is 6.10 Å². The van der Waals surface area contributed by atoms with Gasteiger partial charge in [-0.3, -0.25) is 0 Å². The molecule has 0 unspecified atom stereocenters. The third kappa shape index (κ3) is 3.92. The Bertz CT molecular complexity index is 18.9. The van der Waals surface area contributed by atoms with Gasteiger partial charge >= 0.3 is 0 Å². The van der Waals surface area contributed by atoms with E-state index in [9.17, 15) is 0 Å². The molecule has 0 aromatic rings. The van der Waals surface area contributed by atoms with E-state index in [0.717, 1.165) is 0 Å². The maximum absolute atomic E-state index is 9.09. The van der Waals surface area contributed by atoms with E-state index < -0.39 is 0 Å². The SMILES string of the molecule is C[C-](C)O[O-]. The summed E-state index contributed by atoms with van der Waals surface area (Å²) in [5, 5.41) is 9.09. The molecule has 0 aromatic heterocycles. The fourth-order valence-electron chi connectivity index (χ4n) is 0. The molecule has 0 heterocycles. The first-order chi connectivity index (χ1) is 2.27. The van der Waals surface area contributed by atoms with E-state index in [1.807, 2.05) is 0 Å². The molecule has 32 valence electrons. The van der Waals surface area contributed by atoms with Gasteiger partial charge in [0.2, 0.25) is 0 Å². The van der Waals surface area contributed by atoms with Gasteiger partial charge in [0.1, 0.15) is 0 Å². The molecule has 2 heteroatoms. The molecule has 0 aliphatic carbocycles. The summed E-state index contributed by atoms with van der Waals surface area (Å²) in [4.78, 5) is 3.42. The number of rotatable bonds is 1. The van der Waals surface area contributed by atoms with Crippen molar-refractivity contribution >= 4 is 0 Å². The Balaban J connectivity index is 2.54. The molecule has 0 aliphatic rings. The van der Waals surface area contributed by atoms with Crippen LogP contribution in [-0.2, 0) is 4.89 Å². The first-order valence-electron chi connectivity index (χ1n) is 1.37. The first-order valence-corrected chi connectivity index (χ1v) is 1.37. The standard InChI is InChI=1S/C3H7O2/c1-3(2)5-4/h4H,1-2H3/q-1/p-1. The van der Waals surface area contributed by atoms with Crippen LogP contribution in [0.3, 0.4) is 0 Å². The highest BCUT2D eigenvalue weighted by Crippen LogP contribution is 1.87. The second-order valence-electron chi connectivity index (χ2n) is 0.992. The predicted octanol–water partition coefficient (Wildman–Crippen LogP) is -0.150. The summed E-state index contributed by atoms with van der Waals surface area (Å²) in [6.45, 7) is 3.21. The van der Waals surface area contributed by atoms with Crippen molar-refractivity contribution in [2.24, 2.45) is 0 Å².